The van der Waals surface area contributed by atoms with Gasteiger partial charge in [-0.1, -0.05) is 0 Å². The Bertz CT molecular complexity index is 181. The van der Waals surface area contributed by atoms with Crippen LogP contribution >= 0.6 is 0 Å². The van der Waals surface area contributed by atoms with Crippen LogP contribution in [0, 0.1) is 10.7 Å². The average Bonchev–Trinajstić information content (AvgIpc) is 2.31. The molecule has 1 nitrogen and oxygen atoms in total. The zero-order valence-electron chi connectivity index (χ0n) is 10.6. The Morgan fingerprint density at radius 3 is 2.44 bits per heavy atom. The monoisotopic (exact) mass is 290 g/mol. The van der Waals surface area contributed by atoms with Gasteiger partial charge in [0.2, 0.25) is 0 Å². The van der Waals surface area contributed by atoms with Gasteiger partial charge >= 0.3 is 107 Å². The Labute approximate surface area is 108 Å². The number of aliphatic hydroxyl groups is 1. The summed E-state index contributed by atoms with van der Waals surface area (Å²) in [5.41, 5.74) is 0. The number of aliphatic hydroxyl groups excluding tert-OH is 1. The summed E-state index contributed by atoms with van der Waals surface area (Å²) in [5.74, 6) is 3.28. The minimum atomic E-state index is 0.350. The molecular weight excluding hydrogens is 263 g/mol. The van der Waals surface area contributed by atoms with Crippen LogP contribution in [0.3, 0.4) is 0 Å². The number of hydrogen-bond donors (Lipinski definition) is 1. The van der Waals surface area contributed by atoms with Crippen molar-refractivity contribution in [2.24, 2.45) is 0 Å². The zero-order valence-corrected chi connectivity index (χ0v) is 12.3. The molecule has 0 radical (unpaired) electrons. The maximum atomic E-state index is 8.61. The van der Waals surface area contributed by atoms with Crippen LogP contribution in [0.4, 0.5) is 0 Å². The SMILES string of the molecule is CCCCCCC#C[Se]CCCCCCO. The van der Waals surface area contributed by atoms with Gasteiger partial charge in [0.1, 0.15) is 0 Å². The van der Waals surface area contributed by atoms with Gasteiger partial charge in [-0.05, 0) is 0 Å². The Morgan fingerprint density at radius 1 is 0.938 bits per heavy atom. The topological polar surface area (TPSA) is 20.2 Å². The van der Waals surface area contributed by atoms with E-state index < -0.39 is 0 Å². The second kappa shape index (κ2) is 15.0. The second-order valence-electron chi connectivity index (χ2n) is 4.08. The summed E-state index contributed by atoms with van der Waals surface area (Å²) in [7, 11) is 0. The van der Waals surface area contributed by atoms with Gasteiger partial charge in [-0.3, -0.25) is 0 Å². The van der Waals surface area contributed by atoms with Crippen molar-refractivity contribution in [2.45, 2.75) is 70.0 Å². The first-order chi connectivity index (χ1) is 7.91. The van der Waals surface area contributed by atoms with E-state index in [0.29, 0.717) is 21.6 Å². The molecule has 0 amide bonds. The molecule has 0 aromatic heterocycles. The number of rotatable bonds is 10. The molecule has 0 aromatic rings. The molecule has 0 saturated heterocycles. The van der Waals surface area contributed by atoms with Crippen molar-refractivity contribution >= 4 is 15.0 Å². The standard InChI is InChI=1S/C14H26OSe/c1-2-3-4-5-7-10-13-16-14-11-8-6-9-12-15/h15H,2-9,11-12,14H2,1H3. The molecule has 16 heavy (non-hydrogen) atoms. The van der Waals surface area contributed by atoms with E-state index in [1.165, 1.54) is 50.3 Å². The summed E-state index contributed by atoms with van der Waals surface area (Å²) < 4.78 is 0. The van der Waals surface area contributed by atoms with Crippen molar-refractivity contribution in [3.05, 3.63) is 0 Å². The molecule has 0 saturated carbocycles. The molecule has 2 heteroatoms. The average molecular weight is 289 g/mol. The van der Waals surface area contributed by atoms with Crippen LogP contribution in [0.1, 0.15) is 64.7 Å². The molecule has 0 aliphatic rings. The van der Waals surface area contributed by atoms with Crippen LogP contribution in [-0.4, -0.2) is 26.7 Å². The fraction of sp³-hybridized carbons (Fsp3) is 0.857. The van der Waals surface area contributed by atoms with E-state index in [4.69, 9.17) is 5.11 Å². The molecule has 0 aromatic carbocycles. The second-order valence-corrected chi connectivity index (χ2v) is 5.97. The van der Waals surface area contributed by atoms with Gasteiger partial charge in [0.25, 0.3) is 0 Å². The molecule has 0 fully saturated rings. The molecule has 0 heterocycles. The molecule has 0 aliphatic heterocycles. The maximum absolute atomic E-state index is 8.61. The Balaban J connectivity index is 3.03. The molecule has 0 unspecified atom stereocenters. The van der Waals surface area contributed by atoms with Gasteiger partial charge < -0.3 is 0 Å². The predicted octanol–water partition coefficient (Wildman–Crippen LogP) is 3.59. The van der Waals surface area contributed by atoms with Crippen LogP contribution in [0.25, 0.3) is 0 Å². The van der Waals surface area contributed by atoms with Gasteiger partial charge in [0.15, 0.2) is 0 Å². The van der Waals surface area contributed by atoms with E-state index in [9.17, 15) is 0 Å². The van der Waals surface area contributed by atoms with E-state index in [1.54, 1.807) is 0 Å². The zero-order chi connectivity index (χ0) is 11.9. The third kappa shape index (κ3) is 14.0. The molecule has 0 atom stereocenters. The Hall–Kier alpha value is 0.0395. The molecule has 94 valence electrons. The molecule has 0 rings (SSSR count). The minimum absolute atomic E-state index is 0.350. The van der Waals surface area contributed by atoms with E-state index in [-0.39, 0.29) is 0 Å². The van der Waals surface area contributed by atoms with Crippen molar-refractivity contribution in [1.82, 2.24) is 0 Å². The number of unbranched alkanes of at least 4 members (excludes halogenated alkanes) is 7. The first kappa shape index (κ1) is 16.0. The quantitative estimate of drug-likeness (QED) is 0.370. The van der Waals surface area contributed by atoms with Gasteiger partial charge in [0, 0.05) is 0 Å². The summed E-state index contributed by atoms with van der Waals surface area (Å²) in [6.07, 6.45) is 11.1. The number of hydrogen-bond acceptors (Lipinski definition) is 1. The third-order valence-corrected chi connectivity index (χ3v) is 4.09. The van der Waals surface area contributed by atoms with Gasteiger partial charge in [-0.25, -0.2) is 0 Å². The molecular formula is C14H26OSe. The van der Waals surface area contributed by atoms with Gasteiger partial charge in [-0.2, -0.15) is 0 Å². The fourth-order valence-corrected chi connectivity index (χ4v) is 2.81. The molecule has 0 spiro atoms. The van der Waals surface area contributed by atoms with Gasteiger partial charge in [0.05, 0.1) is 0 Å². The Morgan fingerprint density at radius 2 is 1.69 bits per heavy atom. The summed E-state index contributed by atoms with van der Waals surface area (Å²) in [6.45, 7) is 2.59. The van der Waals surface area contributed by atoms with Crippen molar-refractivity contribution in [2.75, 3.05) is 6.61 Å². The Kier molecular flexibility index (Phi) is 15.1. The van der Waals surface area contributed by atoms with E-state index in [0.717, 1.165) is 12.8 Å². The van der Waals surface area contributed by atoms with Crippen molar-refractivity contribution in [3.63, 3.8) is 0 Å². The van der Waals surface area contributed by atoms with Gasteiger partial charge in [-0.15, -0.1) is 0 Å². The van der Waals surface area contributed by atoms with E-state index in [2.05, 4.69) is 17.7 Å². The van der Waals surface area contributed by atoms with Crippen LogP contribution in [-0.2, 0) is 0 Å². The summed E-state index contributed by atoms with van der Waals surface area (Å²) in [6, 6.07) is 0. The van der Waals surface area contributed by atoms with E-state index in [1.807, 2.05) is 0 Å². The molecule has 1 N–H and O–H groups in total. The molecule has 0 bridgehead atoms. The summed E-state index contributed by atoms with van der Waals surface area (Å²) in [4.78, 5) is 3.32. The predicted molar refractivity (Wildman–Crippen MR) is 72.6 cm³/mol. The fourth-order valence-electron chi connectivity index (χ4n) is 1.43. The van der Waals surface area contributed by atoms with Crippen LogP contribution in [0.15, 0.2) is 0 Å². The summed E-state index contributed by atoms with van der Waals surface area (Å²) in [5, 5.41) is 9.90. The van der Waals surface area contributed by atoms with Crippen molar-refractivity contribution in [1.29, 1.82) is 0 Å². The van der Waals surface area contributed by atoms with Crippen LogP contribution in [0.5, 0.6) is 0 Å². The summed E-state index contributed by atoms with van der Waals surface area (Å²) >= 11 is 0.546. The molecule has 0 aliphatic carbocycles. The van der Waals surface area contributed by atoms with E-state index >= 15 is 0 Å². The van der Waals surface area contributed by atoms with Crippen LogP contribution in [0.2, 0.25) is 5.32 Å². The van der Waals surface area contributed by atoms with Crippen molar-refractivity contribution < 1.29 is 5.11 Å². The first-order valence-electron chi connectivity index (χ1n) is 6.62. The van der Waals surface area contributed by atoms with Crippen LogP contribution < -0.4 is 0 Å². The third-order valence-electron chi connectivity index (χ3n) is 2.45. The first-order valence-corrected chi connectivity index (χ1v) is 8.69. The normalized spacial score (nSPS) is 9.88. The van der Waals surface area contributed by atoms with Crippen molar-refractivity contribution in [3.8, 4) is 10.7 Å².